The highest BCUT2D eigenvalue weighted by Gasteiger charge is 2.20. The van der Waals surface area contributed by atoms with Crippen molar-refractivity contribution in [2.75, 3.05) is 14.2 Å². The molecule has 6 heteroatoms. The number of ether oxygens (including phenoxy) is 2. The Morgan fingerprint density at radius 3 is 2.62 bits per heavy atom. The Balaban J connectivity index is 1.89. The van der Waals surface area contributed by atoms with E-state index >= 15 is 0 Å². The van der Waals surface area contributed by atoms with Crippen LogP contribution in [0.1, 0.15) is 48.0 Å². The minimum Gasteiger partial charge on any atom is -0.497 e. The molecule has 1 aromatic heterocycles. The lowest BCUT2D eigenvalue weighted by atomic mass is 9.87. The van der Waals surface area contributed by atoms with Gasteiger partial charge in [-0.2, -0.15) is 8.75 Å². The molecule has 0 aliphatic rings. The molecule has 1 atom stereocenters. The van der Waals surface area contributed by atoms with Crippen molar-refractivity contribution < 1.29 is 14.3 Å². The van der Waals surface area contributed by atoms with Gasteiger partial charge in [-0.15, -0.1) is 0 Å². The van der Waals surface area contributed by atoms with E-state index in [2.05, 4.69) is 27.8 Å². The standard InChI is InChI=1S/C20H22N2O3S/c1-4-5-13(14-6-8-17-18(10-14)22-26-21-17)11-19(23)16-12-15(24-2)7-9-20(16)25-3/h6-10,12-13H,4-5,11H2,1-3H3. The van der Waals surface area contributed by atoms with Crippen LogP contribution in [-0.4, -0.2) is 28.7 Å². The Hall–Kier alpha value is -2.47. The molecular formula is C20H22N2O3S. The molecule has 0 fully saturated rings. The Morgan fingerprint density at radius 2 is 1.88 bits per heavy atom. The highest BCUT2D eigenvalue weighted by atomic mass is 32.1. The molecule has 3 rings (SSSR count). The molecule has 1 heterocycles. The lowest BCUT2D eigenvalue weighted by Crippen LogP contribution is -2.09. The van der Waals surface area contributed by atoms with E-state index < -0.39 is 0 Å². The molecule has 0 bridgehead atoms. The zero-order chi connectivity index (χ0) is 18.5. The number of carbonyl (C=O) groups is 1. The van der Waals surface area contributed by atoms with Crippen LogP contribution in [0.2, 0.25) is 0 Å². The van der Waals surface area contributed by atoms with Crippen LogP contribution in [0.3, 0.4) is 0 Å². The third-order valence-electron chi connectivity index (χ3n) is 4.53. The summed E-state index contributed by atoms with van der Waals surface area (Å²) in [6.45, 7) is 2.13. The number of Topliss-reactive ketones (excluding diaryl/α,β-unsaturated/α-hetero) is 1. The summed E-state index contributed by atoms with van der Waals surface area (Å²) < 4.78 is 19.2. The minimum atomic E-state index is 0.0516. The largest absolute Gasteiger partial charge is 0.497 e. The van der Waals surface area contributed by atoms with Crippen LogP contribution in [0.15, 0.2) is 36.4 Å². The maximum Gasteiger partial charge on any atom is 0.167 e. The van der Waals surface area contributed by atoms with Crippen LogP contribution in [0.5, 0.6) is 11.5 Å². The van der Waals surface area contributed by atoms with Crippen molar-refractivity contribution in [1.29, 1.82) is 0 Å². The number of hydrogen-bond donors (Lipinski definition) is 0. The fourth-order valence-electron chi connectivity index (χ4n) is 3.15. The van der Waals surface area contributed by atoms with Crippen LogP contribution in [-0.2, 0) is 0 Å². The number of hydrogen-bond acceptors (Lipinski definition) is 6. The molecule has 1 unspecified atom stereocenters. The van der Waals surface area contributed by atoms with E-state index in [0.717, 1.165) is 29.4 Å². The van der Waals surface area contributed by atoms with Crippen LogP contribution < -0.4 is 9.47 Å². The number of fused-ring (bicyclic) bond motifs is 1. The van der Waals surface area contributed by atoms with Gasteiger partial charge in [-0.1, -0.05) is 19.4 Å². The number of aromatic nitrogens is 2. The zero-order valence-electron chi connectivity index (χ0n) is 15.2. The first-order valence-electron chi connectivity index (χ1n) is 8.63. The topological polar surface area (TPSA) is 61.3 Å². The number of methoxy groups -OCH3 is 2. The van der Waals surface area contributed by atoms with Crippen molar-refractivity contribution in [1.82, 2.24) is 8.75 Å². The molecule has 2 aromatic carbocycles. The fourth-order valence-corrected chi connectivity index (χ4v) is 3.67. The second kappa shape index (κ2) is 8.27. The number of benzene rings is 2. The van der Waals surface area contributed by atoms with E-state index in [4.69, 9.17) is 9.47 Å². The van der Waals surface area contributed by atoms with Crippen molar-refractivity contribution in [3.63, 3.8) is 0 Å². The summed E-state index contributed by atoms with van der Waals surface area (Å²) in [6, 6.07) is 11.4. The van der Waals surface area contributed by atoms with Gasteiger partial charge < -0.3 is 9.47 Å². The molecule has 0 radical (unpaired) electrons. The predicted octanol–water partition coefficient (Wildman–Crippen LogP) is 4.87. The van der Waals surface area contributed by atoms with Gasteiger partial charge in [-0.05, 0) is 48.2 Å². The van der Waals surface area contributed by atoms with Crippen molar-refractivity contribution in [3.8, 4) is 11.5 Å². The molecular weight excluding hydrogens is 348 g/mol. The Bertz CT molecular complexity index is 907. The summed E-state index contributed by atoms with van der Waals surface area (Å²) in [5.74, 6) is 1.41. The van der Waals surface area contributed by atoms with Crippen LogP contribution >= 0.6 is 11.7 Å². The normalized spacial score (nSPS) is 12.1. The lowest BCUT2D eigenvalue weighted by Gasteiger charge is -2.17. The first-order chi connectivity index (χ1) is 12.7. The molecule has 0 saturated heterocycles. The molecule has 26 heavy (non-hydrogen) atoms. The first-order valence-corrected chi connectivity index (χ1v) is 9.36. The third-order valence-corrected chi connectivity index (χ3v) is 5.08. The van der Waals surface area contributed by atoms with E-state index in [9.17, 15) is 4.79 Å². The predicted molar refractivity (Wildman–Crippen MR) is 104 cm³/mol. The Labute approximate surface area is 157 Å². The molecule has 0 saturated carbocycles. The third kappa shape index (κ3) is 3.85. The van der Waals surface area contributed by atoms with Gasteiger partial charge >= 0.3 is 0 Å². The van der Waals surface area contributed by atoms with E-state index in [-0.39, 0.29) is 11.7 Å². The van der Waals surface area contributed by atoms with E-state index in [1.54, 1.807) is 32.4 Å². The van der Waals surface area contributed by atoms with Crippen molar-refractivity contribution in [2.45, 2.75) is 32.1 Å². The second-order valence-electron chi connectivity index (χ2n) is 6.19. The summed E-state index contributed by atoms with van der Waals surface area (Å²) >= 11 is 1.21. The molecule has 0 spiro atoms. The van der Waals surface area contributed by atoms with Gasteiger partial charge in [0.05, 0.1) is 31.5 Å². The Kier molecular flexibility index (Phi) is 5.83. The van der Waals surface area contributed by atoms with Gasteiger partial charge in [0.25, 0.3) is 0 Å². The molecule has 0 N–H and O–H groups in total. The van der Waals surface area contributed by atoms with E-state index in [0.29, 0.717) is 23.5 Å². The molecule has 136 valence electrons. The van der Waals surface area contributed by atoms with Crippen LogP contribution in [0.4, 0.5) is 0 Å². The molecule has 5 nitrogen and oxygen atoms in total. The minimum absolute atomic E-state index is 0.0516. The van der Waals surface area contributed by atoms with Gasteiger partial charge in [0.1, 0.15) is 22.5 Å². The fraction of sp³-hybridized carbons (Fsp3) is 0.350. The van der Waals surface area contributed by atoms with Gasteiger partial charge in [-0.3, -0.25) is 4.79 Å². The smallest absolute Gasteiger partial charge is 0.167 e. The van der Waals surface area contributed by atoms with Gasteiger partial charge in [-0.25, -0.2) is 0 Å². The van der Waals surface area contributed by atoms with Crippen LogP contribution in [0.25, 0.3) is 11.0 Å². The molecule has 0 aliphatic heterocycles. The molecule has 0 aliphatic carbocycles. The van der Waals surface area contributed by atoms with Crippen molar-refractivity contribution >= 4 is 28.5 Å². The van der Waals surface area contributed by atoms with Crippen molar-refractivity contribution in [2.24, 2.45) is 0 Å². The molecule has 3 aromatic rings. The number of nitrogens with zero attached hydrogens (tertiary/aromatic N) is 2. The summed E-state index contributed by atoms with van der Waals surface area (Å²) in [5, 5.41) is 0. The number of ketones is 1. The number of rotatable bonds is 8. The summed E-state index contributed by atoms with van der Waals surface area (Å²) in [5.41, 5.74) is 3.47. The van der Waals surface area contributed by atoms with Gasteiger partial charge in [0, 0.05) is 6.42 Å². The SMILES string of the molecule is CCCC(CC(=O)c1cc(OC)ccc1OC)c1ccc2nsnc2c1. The van der Waals surface area contributed by atoms with Gasteiger partial charge in [0.15, 0.2) is 5.78 Å². The average Bonchev–Trinajstić information content (AvgIpc) is 3.14. The average molecular weight is 370 g/mol. The molecule has 0 amide bonds. The van der Waals surface area contributed by atoms with Crippen molar-refractivity contribution in [3.05, 3.63) is 47.5 Å². The maximum atomic E-state index is 13.0. The first kappa shape index (κ1) is 18.3. The summed E-state index contributed by atoms with van der Waals surface area (Å²) in [7, 11) is 3.17. The van der Waals surface area contributed by atoms with E-state index in [1.807, 2.05) is 6.07 Å². The lowest BCUT2D eigenvalue weighted by molar-refractivity contribution is 0.0969. The summed E-state index contributed by atoms with van der Waals surface area (Å²) in [6.07, 6.45) is 2.35. The monoisotopic (exact) mass is 370 g/mol. The second-order valence-corrected chi connectivity index (χ2v) is 6.72. The maximum absolute atomic E-state index is 13.0. The highest BCUT2D eigenvalue weighted by molar-refractivity contribution is 7.00. The van der Waals surface area contributed by atoms with Gasteiger partial charge in [0.2, 0.25) is 0 Å². The van der Waals surface area contributed by atoms with E-state index in [1.165, 1.54) is 11.7 Å². The number of carbonyl (C=O) groups excluding carboxylic acids is 1. The summed E-state index contributed by atoms with van der Waals surface area (Å²) in [4.78, 5) is 13.0. The zero-order valence-corrected chi connectivity index (χ0v) is 16.0. The Morgan fingerprint density at radius 1 is 1.08 bits per heavy atom. The highest BCUT2D eigenvalue weighted by Crippen LogP contribution is 2.32. The van der Waals surface area contributed by atoms with Crippen LogP contribution in [0, 0.1) is 0 Å². The quantitative estimate of drug-likeness (QED) is 0.530.